The molecule has 1 aliphatic heterocycles. The highest BCUT2D eigenvalue weighted by molar-refractivity contribution is 6.42. The highest BCUT2D eigenvalue weighted by Gasteiger charge is 2.49. The van der Waals surface area contributed by atoms with Gasteiger partial charge in [0.15, 0.2) is 0 Å². The van der Waals surface area contributed by atoms with Crippen molar-refractivity contribution in [1.82, 2.24) is 5.32 Å². The molecule has 0 radical (unpaired) electrons. The van der Waals surface area contributed by atoms with Gasteiger partial charge in [0.1, 0.15) is 0 Å². The number of nitrogens with one attached hydrogen (secondary N) is 1. The zero-order chi connectivity index (χ0) is 14.3. The maximum absolute atomic E-state index is 12.7. The number of amides is 3. The fourth-order valence-corrected chi connectivity index (χ4v) is 3.32. The van der Waals surface area contributed by atoms with Crippen LogP contribution in [0.2, 0.25) is 10.0 Å². The molecule has 4 nitrogen and oxygen atoms in total. The van der Waals surface area contributed by atoms with Gasteiger partial charge in [0.2, 0.25) is 5.91 Å². The summed E-state index contributed by atoms with van der Waals surface area (Å²) in [4.78, 5) is 26.0. The first-order valence-corrected chi connectivity index (χ1v) is 7.37. The van der Waals surface area contributed by atoms with Crippen molar-refractivity contribution in [2.75, 3.05) is 11.4 Å². The number of nitrogens with zero attached hydrogens (tertiary/aromatic N) is 1. The first-order chi connectivity index (χ1) is 9.53. The summed E-state index contributed by atoms with van der Waals surface area (Å²) >= 11 is 11.9. The monoisotopic (exact) mass is 312 g/mol. The van der Waals surface area contributed by atoms with Crippen molar-refractivity contribution in [3.05, 3.63) is 28.2 Å². The third kappa shape index (κ3) is 2.07. The van der Waals surface area contributed by atoms with Gasteiger partial charge in [0, 0.05) is 6.54 Å². The number of carbonyl (C=O) groups excluding carboxylic acids is 2. The van der Waals surface area contributed by atoms with Gasteiger partial charge in [-0.25, -0.2) is 9.69 Å². The number of hydrogen-bond acceptors (Lipinski definition) is 2. The minimum atomic E-state index is -0.444. The van der Waals surface area contributed by atoms with Crippen molar-refractivity contribution >= 4 is 40.8 Å². The summed E-state index contributed by atoms with van der Waals surface area (Å²) in [5.41, 5.74) is 0.0212. The molecule has 1 N–H and O–H groups in total. The smallest absolute Gasteiger partial charge is 0.328 e. The Kier molecular flexibility index (Phi) is 3.38. The van der Waals surface area contributed by atoms with E-state index < -0.39 is 11.4 Å². The fourth-order valence-electron chi connectivity index (χ4n) is 3.03. The number of hydrogen-bond donors (Lipinski definition) is 1. The largest absolute Gasteiger partial charge is 0.336 e. The predicted molar refractivity (Wildman–Crippen MR) is 78.2 cm³/mol. The van der Waals surface area contributed by atoms with Crippen LogP contribution in [0.25, 0.3) is 0 Å². The molecule has 3 amide bonds. The van der Waals surface area contributed by atoms with Crippen LogP contribution in [-0.4, -0.2) is 18.5 Å². The van der Waals surface area contributed by atoms with Crippen LogP contribution in [0.4, 0.5) is 10.5 Å². The Labute approximate surface area is 127 Å². The molecule has 0 bridgehead atoms. The molecular formula is C14H14Cl2N2O2. The average molecular weight is 313 g/mol. The van der Waals surface area contributed by atoms with Gasteiger partial charge in [0.05, 0.1) is 21.1 Å². The van der Waals surface area contributed by atoms with Gasteiger partial charge in [-0.2, -0.15) is 0 Å². The molecule has 0 aromatic heterocycles. The van der Waals surface area contributed by atoms with Crippen molar-refractivity contribution in [2.45, 2.75) is 25.7 Å². The Morgan fingerprint density at radius 2 is 1.80 bits per heavy atom. The van der Waals surface area contributed by atoms with Gasteiger partial charge in [0.25, 0.3) is 0 Å². The van der Waals surface area contributed by atoms with Gasteiger partial charge in [-0.3, -0.25) is 4.79 Å². The third-order valence-corrected chi connectivity index (χ3v) is 4.90. The summed E-state index contributed by atoms with van der Waals surface area (Å²) in [7, 11) is 0. The number of carbonyl (C=O) groups is 2. The third-order valence-electron chi connectivity index (χ3n) is 4.16. The minimum absolute atomic E-state index is 0.128. The Balaban J connectivity index is 1.99. The number of anilines is 1. The van der Waals surface area contributed by atoms with Crippen LogP contribution in [0.5, 0.6) is 0 Å². The molecule has 2 aliphatic rings. The molecule has 0 atom stereocenters. The Morgan fingerprint density at radius 3 is 2.45 bits per heavy atom. The van der Waals surface area contributed by atoms with Crippen LogP contribution in [0, 0.1) is 5.41 Å². The quantitative estimate of drug-likeness (QED) is 0.861. The predicted octanol–water partition coefficient (Wildman–Crippen LogP) is 3.61. The summed E-state index contributed by atoms with van der Waals surface area (Å²) in [5, 5.41) is 3.55. The summed E-state index contributed by atoms with van der Waals surface area (Å²) in [5.74, 6) is -0.128. The lowest BCUT2D eigenvalue weighted by atomic mass is 9.83. The second-order valence-electron chi connectivity index (χ2n) is 5.39. The van der Waals surface area contributed by atoms with E-state index in [9.17, 15) is 9.59 Å². The van der Waals surface area contributed by atoms with Crippen molar-refractivity contribution in [3.63, 3.8) is 0 Å². The molecule has 20 heavy (non-hydrogen) atoms. The first kappa shape index (κ1) is 13.7. The van der Waals surface area contributed by atoms with Gasteiger partial charge < -0.3 is 5.32 Å². The van der Waals surface area contributed by atoms with Gasteiger partial charge in [-0.15, -0.1) is 0 Å². The first-order valence-electron chi connectivity index (χ1n) is 6.61. The van der Waals surface area contributed by atoms with Crippen molar-refractivity contribution < 1.29 is 9.59 Å². The van der Waals surface area contributed by atoms with E-state index in [1.165, 1.54) is 4.90 Å². The molecule has 1 saturated carbocycles. The molecule has 1 aromatic rings. The Bertz CT molecular complexity index is 583. The van der Waals surface area contributed by atoms with E-state index in [0.717, 1.165) is 25.7 Å². The maximum Gasteiger partial charge on any atom is 0.328 e. The normalized spacial score (nSPS) is 21.4. The van der Waals surface area contributed by atoms with Crippen LogP contribution in [0.15, 0.2) is 18.2 Å². The molecule has 3 rings (SSSR count). The second kappa shape index (κ2) is 4.93. The number of halogens is 2. The van der Waals surface area contributed by atoms with Crippen molar-refractivity contribution in [2.24, 2.45) is 5.41 Å². The molecule has 6 heteroatoms. The van der Waals surface area contributed by atoms with Gasteiger partial charge >= 0.3 is 6.03 Å². The van der Waals surface area contributed by atoms with E-state index in [4.69, 9.17) is 23.2 Å². The number of imide groups is 1. The summed E-state index contributed by atoms with van der Waals surface area (Å²) in [6.07, 6.45) is 3.70. The SMILES string of the molecule is O=C1NCC2(CCCC2)C(=O)N1c1ccc(Cl)c(Cl)c1. The Morgan fingerprint density at radius 1 is 1.10 bits per heavy atom. The molecule has 1 saturated heterocycles. The van der Waals surface area contributed by atoms with E-state index in [1.807, 2.05) is 0 Å². The highest BCUT2D eigenvalue weighted by Crippen LogP contribution is 2.42. The maximum atomic E-state index is 12.7. The molecule has 2 fully saturated rings. The topological polar surface area (TPSA) is 49.4 Å². The number of rotatable bonds is 1. The molecule has 0 unspecified atom stereocenters. The summed E-state index contributed by atoms with van der Waals surface area (Å²) < 4.78 is 0. The molecule has 1 heterocycles. The molecule has 1 spiro atoms. The van der Waals surface area contributed by atoms with Crippen LogP contribution < -0.4 is 10.2 Å². The zero-order valence-corrected chi connectivity index (χ0v) is 12.3. The second-order valence-corrected chi connectivity index (χ2v) is 6.20. The lowest BCUT2D eigenvalue weighted by Crippen LogP contribution is -2.60. The summed E-state index contributed by atoms with van der Waals surface area (Å²) in [6, 6.07) is 4.39. The van der Waals surface area contributed by atoms with Crippen LogP contribution in [0.3, 0.4) is 0 Å². The average Bonchev–Trinajstić information content (AvgIpc) is 2.89. The van der Waals surface area contributed by atoms with Crippen molar-refractivity contribution in [1.29, 1.82) is 0 Å². The molecular weight excluding hydrogens is 299 g/mol. The zero-order valence-electron chi connectivity index (χ0n) is 10.8. The standard InChI is InChI=1S/C14H14Cl2N2O2/c15-10-4-3-9(7-11(10)16)18-12(19)14(5-1-2-6-14)8-17-13(18)20/h3-4,7H,1-2,5-6,8H2,(H,17,20). The van der Waals surface area contributed by atoms with Crippen LogP contribution >= 0.6 is 23.2 Å². The minimum Gasteiger partial charge on any atom is -0.336 e. The fraction of sp³-hybridized carbons (Fsp3) is 0.429. The Hall–Kier alpha value is -1.26. The van der Waals surface area contributed by atoms with Gasteiger partial charge in [-0.1, -0.05) is 36.0 Å². The number of benzene rings is 1. The lowest BCUT2D eigenvalue weighted by Gasteiger charge is -2.38. The lowest BCUT2D eigenvalue weighted by molar-refractivity contribution is -0.127. The molecule has 106 valence electrons. The van der Waals surface area contributed by atoms with Crippen molar-refractivity contribution in [3.8, 4) is 0 Å². The highest BCUT2D eigenvalue weighted by atomic mass is 35.5. The van der Waals surface area contributed by atoms with Crippen LogP contribution in [-0.2, 0) is 4.79 Å². The van der Waals surface area contributed by atoms with E-state index in [0.29, 0.717) is 22.3 Å². The summed E-state index contributed by atoms with van der Waals surface area (Å²) in [6.45, 7) is 0.433. The van der Waals surface area contributed by atoms with E-state index >= 15 is 0 Å². The molecule has 1 aromatic carbocycles. The van der Waals surface area contributed by atoms with E-state index in [2.05, 4.69) is 5.32 Å². The molecule has 1 aliphatic carbocycles. The van der Waals surface area contributed by atoms with E-state index in [-0.39, 0.29) is 5.91 Å². The van der Waals surface area contributed by atoms with Gasteiger partial charge in [-0.05, 0) is 31.0 Å². The van der Waals surface area contributed by atoms with E-state index in [1.54, 1.807) is 18.2 Å². The number of urea groups is 1. The van der Waals surface area contributed by atoms with Crippen LogP contribution in [0.1, 0.15) is 25.7 Å².